The number of carbonyl (C=O) groups excluding carboxylic acids is 1. The fourth-order valence-corrected chi connectivity index (χ4v) is 4.27. The van der Waals surface area contributed by atoms with Crippen molar-refractivity contribution in [2.24, 2.45) is 10.7 Å². The van der Waals surface area contributed by atoms with Gasteiger partial charge in [-0.05, 0) is 51.8 Å². The van der Waals surface area contributed by atoms with Gasteiger partial charge in [0, 0.05) is 24.7 Å². The Hall–Kier alpha value is -2.48. The number of para-hydroxylation sites is 1. The highest BCUT2D eigenvalue weighted by molar-refractivity contribution is 5.78. The number of guanidine groups is 1. The van der Waals surface area contributed by atoms with Crippen LogP contribution in [0.25, 0.3) is 0 Å². The van der Waals surface area contributed by atoms with Crippen molar-refractivity contribution in [2.75, 3.05) is 46.4 Å². The summed E-state index contributed by atoms with van der Waals surface area (Å²) < 4.78 is 10.7. The molecule has 1 aromatic carbocycles. The standard InChI is InChI=1S/C22H35N5O3/c1-3-30-22(28)27-14-10-17(11-15-27)25-21(23)24-16-19(26-12-6-7-13-26)18-8-4-5-9-20(18)29-2/h4-5,8-9,17,19H,3,6-7,10-16H2,1-2H3,(H3,23,24,25). The Balaban J connectivity index is 1.58. The SMILES string of the molecule is CCOC(=O)N1CCC(NC(N)=NCC(c2ccccc2OC)N2CCCC2)CC1. The molecule has 0 spiro atoms. The molecule has 8 nitrogen and oxygen atoms in total. The second kappa shape index (κ2) is 11.1. The molecule has 0 aromatic heterocycles. The maximum absolute atomic E-state index is 11.8. The maximum atomic E-state index is 11.8. The Kier molecular flexibility index (Phi) is 8.19. The van der Waals surface area contributed by atoms with E-state index in [-0.39, 0.29) is 18.2 Å². The van der Waals surface area contributed by atoms with Crippen LogP contribution in [0, 0.1) is 0 Å². The van der Waals surface area contributed by atoms with Gasteiger partial charge in [0.25, 0.3) is 0 Å². The molecule has 2 aliphatic rings. The molecule has 2 saturated heterocycles. The van der Waals surface area contributed by atoms with E-state index in [0.717, 1.165) is 37.2 Å². The highest BCUT2D eigenvalue weighted by Crippen LogP contribution is 2.31. The maximum Gasteiger partial charge on any atom is 0.409 e. The summed E-state index contributed by atoms with van der Waals surface area (Å²) in [4.78, 5) is 20.7. The van der Waals surface area contributed by atoms with Gasteiger partial charge in [0.2, 0.25) is 0 Å². The third-order valence-corrected chi connectivity index (χ3v) is 5.89. The van der Waals surface area contributed by atoms with Gasteiger partial charge in [-0.15, -0.1) is 0 Å². The predicted molar refractivity (Wildman–Crippen MR) is 118 cm³/mol. The molecule has 1 atom stereocenters. The van der Waals surface area contributed by atoms with Crippen molar-refractivity contribution >= 4 is 12.1 Å². The first-order valence-corrected chi connectivity index (χ1v) is 11.0. The van der Waals surface area contributed by atoms with Gasteiger partial charge >= 0.3 is 6.09 Å². The Morgan fingerprint density at radius 1 is 1.23 bits per heavy atom. The van der Waals surface area contributed by atoms with Crippen molar-refractivity contribution in [3.05, 3.63) is 29.8 Å². The molecule has 3 N–H and O–H groups in total. The van der Waals surface area contributed by atoms with Crippen LogP contribution in [-0.2, 0) is 4.74 Å². The van der Waals surface area contributed by atoms with Gasteiger partial charge < -0.3 is 25.4 Å². The number of nitrogens with two attached hydrogens (primary N) is 1. The molecule has 8 heteroatoms. The van der Waals surface area contributed by atoms with Crippen LogP contribution in [0.5, 0.6) is 5.75 Å². The minimum Gasteiger partial charge on any atom is -0.496 e. The Morgan fingerprint density at radius 3 is 2.60 bits per heavy atom. The van der Waals surface area contributed by atoms with Gasteiger partial charge in [-0.1, -0.05) is 18.2 Å². The third kappa shape index (κ3) is 5.78. The van der Waals surface area contributed by atoms with Gasteiger partial charge in [0.15, 0.2) is 5.96 Å². The van der Waals surface area contributed by atoms with Crippen LogP contribution < -0.4 is 15.8 Å². The minimum atomic E-state index is -0.233. The Morgan fingerprint density at radius 2 is 1.93 bits per heavy atom. The van der Waals surface area contributed by atoms with Crippen LogP contribution in [0.15, 0.2) is 29.3 Å². The number of hydrogen-bond donors (Lipinski definition) is 2. The molecule has 0 aliphatic carbocycles. The van der Waals surface area contributed by atoms with Crippen molar-refractivity contribution in [1.29, 1.82) is 0 Å². The van der Waals surface area contributed by atoms with Gasteiger partial charge in [-0.3, -0.25) is 9.89 Å². The molecule has 0 radical (unpaired) electrons. The smallest absolute Gasteiger partial charge is 0.409 e. The largest absolute Gasteiger partial charge is 0.496 e. The summed E-state index contributed by atoms with van der Waals surface area (Å²) in [5, 5.41) is 3.34. The predicted octanol–water partition coefficient (Wildman–Crippen LogP) is 2.36. The number of benzene rings is 1. The fourth-order valence-electron chi connectivity index (χ4n) is 4.27. The summed E-state index contributed by atoms with van der Waals surface area (Å²) in [6.45, 7) is 6.28. The molecule has 30 heavy (non-hydrogen) atoms. The lowest BCUT2D eigenvalue weighted by molar-refractivity contribution is 0.0963. The summed E-state index contributed by atoms with van der Waals surface area (Å²) >= 11 is 0. The molecule has 2 aliphatic heterocycles. The van der Waals surface area contributed by atoms with Crippen molar-refractivity contribution in [2.45, 2.75) is 44.7 Å². The van der Waals surface area contributed by atoms with Gasteiger partial charge in [0.1, 0.15) is 5.75 Å². The first-order valence-electron chi connectivity index (χ1n) is 11.0. The normalized spacial score (nSPS) is 19.5. The number of nitrogens with one attached hydrogen (secondary N) is 1. The summed E-state index contributed by atoms with van der Waals surface area (Å²) in [6, 6.07) is 8.52. The van der Waals surface area contributed by atoms with Crippen LogP contribution in [0.1, 0.15) is 44.2 Å². The number of likely N-dealkylation sites (tertiary alicyclic amines) is 2. The summed E-state index contributed by atoms with van der Waals surface area (Å²) in [6.07, 6.45) is 3.85. The monoisotopic (exact) mass is 417 g/mol. The van der Waals surface area contributed by atoms with E-state index >= 15 is 0 Å². The Bertz CT molecular complexity index is 712. The number of rotatable bonds is 7. The first kappa shape index (κ1) is 22.2. The number of carbonyl (C=O) groups is 1. The number of amides is 1. The zero-order chi connectivity index (χ0) is 21.3. The molecule has 1 aromatic rings. The van der Waals surface area contributed by atoms with Crippen LogP contribution in [0.4, 0.5) is 4.79 Å². The van der Waals surface area contributed by atoms with Gasteiger partial charge in [0.05, 0.1) is 26.3 Å². The van der Waals surface area contributed by atoms with Crippen LogP contribution in [0.2, 0.25) is 0 Å². The van der Waals surface area contributed by atoms with E-state index in [4.69, 9.17) is 15.2 Å². The van der Waals surface area contributed by atoms with E-state index in [1.54, 1.807) is 12.0 Å². The van der Waals surface area contributed by atoms with Gasteiger partial charge in [-0.2, -0.15) is 0 Å². The average Bonchev–Trinajstić information content (AvgIpc) is 3.29. The number of hydrogen-bond acceptors (Lipinski definition) is 5. The van der Waals surface area contributed by atoms with E-state index in [1.165, 1.54) is 12.8 Å². The van der Waals surface area contributed by atoms with Crippen LogP contribution in [0.3, 0.4) is 0 Å². The van der Waals surface area contributed by atoms with Crippen molar-refractivity contribution in [1.82, 2.24) is 15.1 Å². The molecular weight excluding hydrogens is 382 g/mol. The molecule has 2 fully saturated rings. The third-order valence-electron chi connectivity index (χ3n) is 5.89. The van der Waals surface area contributed by atoms with Crippen LogP contribution in [-0.4, -0.2) is 74.3 Å². The topological polar surface area (TPSA) is 92.4 Å². The van der Waals surface area contributed by atoms with E-state index < -0.39 is 0 Å². The highest BCUT2D eigenvalue weighted by Gasteiger charge is 2.26. The second-order valence-electron chi connectivity index (χ2n) is 7.83. The van der Waals surface area contributed by atoms with E-state index in [0.29, 0.717) is 32.2 Å². The highest BCUT2D eigenvalue weighted by atomic mass is 16.6. The summed E-state index contributed by atoms with van der Waals surface area (Å²) in [5.74, 6) is 1.35. The second-order valence-corrected chi connectivity index (χ2v) is 7.83. The molecular formula is C22H35N5O3. The van der Waals surface area contributed by atoms with Crippen LogP contribution >= 0.6 is 0 Å². The number of piperidine rings is 1. The molecule has 3 rings (SSSR count). The zero-order valence-corrected chi connectivity index (χ0v) is 18.2. The summed E-state index contributed by atoms with van der Waals surface area (Å²) in [7, 11) is 1.71. The quantitative estimate of drug-likeness (QED) is 0.523. The lowest BCUT2D eigenvalue weighted by atomic mass is 10.0. The molecule has 1 unspecified atom stereocenters. The number of aliphatic imine (C=N–C) groups is 1. The molecule has 1 amide bonds. The number of nitrogens with zero attached hydrogens (tertiary/aromatic N) is 3. The number of methoxy groups -OCH3 is 1. The van der Waals surface area contributed by atoms with E-state index in [1.807, 2.05) is 25.1 Å². The molecule has 2 heterocycles. The average molecular weight is 418 g/mol. The first-order chi connectivity index (χ1) is 14.6. The van der Waals surface area contributed by atoms with Gasteiger partial charge in [-0.25, -0.2) is 4.79 Å². The van der Waals surface area contributed by atoms with Crippen molar-refractivity contribution < 1.29 is 14.3 Å². The van der Waals surface area contributed by atoms with E-state index in [2.05, 4.69) is 21.3 Å². The van der Waals surface area contributed by atoms with E-state index in [9.17, 15) is 4.79 Å². The molecule has 0 bridgehead atoms. The molecule has 0 saturated carbocycles. The lowest BCUT2D eigenvalue weighted by Crippen LogP contribution is -2.48. The van der Waals surface area contributed by atoms with Crippen molar-refractivity contribution in [3.8, 4) is 5.75 Å². The molecule has 166 valence electrons. The minimum absolute atomic E-state index is 0.148. The number of ether oxygens (including phenoxy) is 2. The summed E-state index contributed by atoms with van der Waals surface area (Å²) in [5.41, 5.74) is 7.38. The lowest BCUT2D eigenvalue weighted by Gasteiger charge is -2.32. The Labute approximate surface area is 179 Å². The zero-order valence-electron chi connectivity index (χ0n) is 18.2. The fraction of sp³-hybridized carbons (Fsp3) is 0.636. The van der Waals surface area contributed by atoms with Crippen molar-refractivity contribution in [3.63, 3.8) is 0 Å².